The second-order valence-electron chi connectivity index (χ2n) is 11.8. The minimum atomic E-state index is -1.36. The molecule has 0 saturated heterocycles. The lowest BCUT2D eigenvalue weighted by Crippen LogP contribution is -2.69. The second-order valence-corrected chi connectivity index (χ2v) is 32.5. The van der Waals surface area contributed by atoms with Gasteiger partial charge in [-0.2, -0.15) is 0 Å². The normalized spacial score (nSPS) is 14.6. The zero-order valence-corrected chi connectivity index (χ0v) is 24.6. The summed E-state index contributed by atoms with van der Waals surface area (Å²) in [6, 6.07) is 4.29. The third kappa shape index (κ3) is 10.4. The van der Waals surface area contributed by atoms with Crippen LogP contribution in [0.5, 0.6) is 0 Å². The highest BCUT2D eigenvalue weighted by Crippen LogP contribution is 2.34. The SMILES string of the molecule is C=CC(=C)CC/C=C(\C)C[Si](C)(C)CC[Si](C)(C)N([Si](C)(C)C)[Si](C)(C)C. The van der Waals surface area contributed by atoms with Crippen LogP contribution < -0.4 is 0 Å². The quantitative estimate of drug-likeness (QED) is 0.168. The highest BCUT2D eigenvalue weighted by Gasteiger charge is 2.44. The molecule has 1 nitrogen and oxygen atoms in total. The third-order valence-corrected chi connectivity index (χ3v) is 26.0. The van der Waals surface area contributed by atoms with E-state index in [4.69, 9.17) is 0 Å². The molecule has 0 aromatic heterocycles. The number of hydrogen-bond acceptors (Lipinski definition) is 1. The van der Waals surface area contributed by atoms with E-state index in [1.807, 2.05) is 6.08 Å². The van der Waals surface area contributed by atoms with Crippen molar-refractivity contribution in [3.8, 4) is 0 Å². The van der Waals surface area contributed by atoms with Crippen molar-refractivity contribution in [3.05, 3.63) is 36.5 Å². The molecule has 5 heteroatoms. The monoisotopic (exact) mass is 439 g/mol. The number of nitrogens with zero attached hydrogens (tertiary/aromatic N) is 1. The number of allylic oxidation sites excluding steroid dienone is 4. The van der Waals surface area contributed by atoms with Gasteiger partial charge in [-0.05, 0) is 31.9 Å². The molecule has 0 aromatic carbocycles. The van der Waals surface area contributed by atoms with Crippen LogP contribution in [0.25, 0.3) is 0 Å². The zero-order valence-electron chi connectivity index (χ0n) is 20.6. The highest BCUT2D eigenvalue weighted by molar-refractivity contribution is 7.04. The average Bonchev–Trinajstić information content (AvgIpc) is 2.41. The highest BCUT2D eigenvalue weighted by atomic mass is 28.5. The predicted molar refractivity (Wildman–Crippen MR) is 140 cm³/mol. The van der Waals surface area contributed by atoms with Crippen LogP contribution in [0.15, 0.2) is 36.5 Å². The van der Waals surface area contributed by atoms with E-state index in [1.165, 1.54) is 18.1 Å². The van der Waals surface area contributed by atoms with Crippen LogP contribution in [0.1, 0.15) is 19.8 Å². The molecule has 158 valence electrons. The van der Waals surface area contributed by atoms with Gasteiger partial charge in [-0.15, -0.1) is 0 Å². The molecule has 0 aromatic rings. The maximum atomic E-state index is 4.02. The molecule has 0 bridgehead atoms. The second kappa shape index (κ2) is 10.2. The van der Waals surface area contributed by atoms with E-state index < -0.39 is 32.8 Å². The van der Waals surface area contributed by atoms with Crippen LogP contribution in [0.2, 0.25) is 83.6 Å². The van der Waals surface area contributed by atoms with E-state index in [0.29, 0.717) is 0 Å². The van der Waals surface area contributed by atoms with Crippen LogP contribution in [0.3, 0.4) is 0 Å². The summed E-state index contributed by atoms with van der Waals surface area (Å²) in [7, 11) is -5.10. The smallest absolute Gasteiger partial charge is 0.108 e. The van der Waals surface area contributed by atoms with Crippen molar-refractivity contribution in [1.82, 2.24) is 3.90 Å². The molecular formula is C22H49NSi4. The van der Waals surface area contributed by atoms with Crippen LogP contribution in [-0.2, 0) is 0 Å². The Morgan fingerprint density at radius 3 is 1.74 bits per heavy atom. The first-order valence-corrected chi connectivity index (χ1v) is 24.1. The van der Waals surface area contributed by atoms with E-state index in [9.17, 15) is 0 Å². The standard InChI is InChI=1S/C22H49NSi4/c1-14-21(2)16-15-17-22(3)20-26(10,11)18-19-27(12,13)23(24(4,5)6)25(7,8)9/h14,17H,1-2,15-16,18-20H2,3-13H3/b22-17+. The lowest BCUT2D eigenvalue weighted by atomic mass is 10.1. The minimum absolute atomic E-state index is 1.05. The Kier molecular flexibility index (Phi) is 10.2. The van der Waals surface area contributed by atoms with Crippen molar-refractivity contribution in [1.29, 1.82) is 0 Å². The van der Waals surface area contributed by atoms with Crippen LogP contribution in [0.4, 0.5) is 0 Å². The van der Waals surface area contributed by atoms with E-state index in [0.717, 1.165) is 18.4 Å². The molecule has 0 saturated carbocycles. The van der Waals surface area contributed by atoms with Gasteiger partial charge in [0.1, 0.15) is 24.7 Å². The fourth-order valence-corrected chi connectivity index (χ4v) is 35.6. The third-order valence-electron chi connectivity index (χ3n) is 5.36. The maximum absolute atomic E-state index is 4.02. The van der Waals surface area contributed by atoms with Crippen molar-refractivity contribution in [3.63, 3.8) is 0 Å². The Bertz CT molecular complexity index is 519. The van der Waals surface area contributed by atoms with Crippen LogP contribution in [-0.4, -0.2) is 36.7 Å². The lowest BCUT2D eigenvalue weighted by molar-refractivity contribution is 0.877. The van der Waals surface area contributed by atoms with Gasteiger partial charge in [0, 0.05) is 0 Å². The molecule has 27 heavy (non-hydrogen) atoms. The minimum Gasteiger partial charge on any atom is -0.369 e. The van der Waals surface area contributed by atoms with E-state index in [1.54, 1.807) is 5.57 Å². The Hall–Kier alpha value is 0.0475. The molecule has 0 amide bonds. The van der Waals surface area contributed by atoms with Gasteiger partial charge in [-0.25, -0.2) is 0 Å². The van der Waals surface area contributed by atoms with Gasteiger partial charge in [-0.3, -0.25) is 0 Å². The summed E-state index contributed by atoms with van der Waals surface area (Å²) >= 11 is 0. The summed E-state index contributed by atoms with van der Waals surface area (Å²) in [6.45, 7) is 36.0. The van der Waals surface area contributed by atoms with Gasteiger partial charge in [-0.1, -0.05) is 108 Å². The van der Waals surface area contributed by atoms with Gasteiger partial charge in [0.2, 0.25) is 0 Å². The van der Waals surface area contributed by atoms with Crippen molar-refractivity contribution in [2.45, 2.75) is 103 Å². The van der Waals surface area contributed by atoms with Crippen LogP contribution in [0, 0.1) is 0 Å². The Morgan fingerprint density at radius 1 is 0.852 bits per heavy atom. The van der Waals surface area contributed by atoms with Crippen molar-refractivity contribution >= 4 is 32.8 Å². The zero-order chi connectivity index (χ0) is 21.7. The van der Waals surface area contributed by atoms with Crippen molar-refractivity contribution < 1.29 is 0 Å². The Balaban J connectivity index is 5.01. The first-order valence-electron chi connectivity index (χ1n) is 10.7. The van der Waals surface area contributed by atoms with Gasteiger partial charge in [0.25, 0.3) is 0 Å². The fraction of sp³-hybridized carbons (Fsp3) is 0.727. The largest absolute Gasteiger partial charge is 0.369 e. The van der Waals surface area contributed by atoms with Gasteiger partial charge < -0.3 is 3.90 Å². The summed E-state index contributed by atoms with van der Waals surface area (Å²) in [5.41, 5.74) is 2.75. The first kappa shape index (κ1) is 27.0. The van der Waals surface area contributed by atoms with E-state index >= 15 is 0 Å². The fourth-order valence-electron chi connectivity index (χ4n) is 5.10. The summed E-state index contributed by atoms with van der Waals surface area (Å²) < 4.78 is 3.14. The molecule has 0 unspecified atom stereocenters. The topological polar surface area (TPSA) is 3.24 Å². The first-order chi connectivity index (χ1) is 11.9. The molecule has 0 radical (unpaired) electrons. The number of rotatable bonds is 12. The molecule has 0 aliphatic heterocycles. The summed E-state index contributed by atoms with van der Waals surface area (Å²) in [6.07, 6.45) is 6.49. The van der Waals surface area contributed by atoms with E-state index in [-0.39, 0.29) is 0 Å². The molecule has 0 atom stereocenters. The molecule has 0 aliphatic carbocycles. The van der Waals surface area contributed by atoms with Crippen LogP contribution >= 0.6 is 0 Å². The average molecular weight is 440 g/mol. The molecular weight excluding hydrogens is 391 g/mol. The van der Waals surface area contributed by atoms with Gasteiger partial charge in [0.15, 0.2) is 0 Å². The lowest BCUT2D eigenvalue weighted by Gasteiger charge is -2.53. The predicted octanol–water partition coefficient (Wildman–Crippen LogP) is 8.34. The summed E-state index contributed by atoms with van der Waals surface area (Å²) in [4.78, 5) is 0. The van der Waals surface area contributed by atoms with E-state index in [2.05, 4.69) is 95.5 Å². The van der Waals surface area contributed by atoms with Crippen molar-refractivity contribution in [2.75, 3.05) is 0 Å². The number of hydrogen-bond donors (Lipinski definition) is 0. The summed E-state index contributed by atoms with van der Waals surface area (Å²) in [5.74, 6) is 0. The summed E-state index contributed by atoms with van der Waals surface area (Å²) in [5, 5.41) is 0. The van der Waals surface area contributed by atoms with Gasteiger partial charge >= 0.3 is 0 Å². The maximum Gasteiger partial charge on any atom is 0.108 e. The molecule has 0 N–H and O–H groups in total. The molecule has 0 heterocycles. The van der Waals surface area contributed by atoms with Gasteiger partial charge in [0.05, 0.1) is 8.07 Å². The molecule has 0 aliphatic rings. The molecule has 0 rings (SSSR count). The van der Waals surface area contributed by atoms with Crippen molar-refractivity contribution in [2.24, 2.45) is 0 Å². The molecule has 0 spiro atoms. The molecule has 0 fully saturated rings. The Morgan fingerprint density at radius 2 is 1.33 bits per heavy atom. The Labute approximate surface area is 176 Å².